The Kier molecular flexibility index (Phi) is 2.74. The summed E-state index contributed by atoms with van der Waals surface area (Å²) in [6.07, 6.45) is 3.57. The Morgan fingerprint density at radius 2 is 1.78 bits per heavy atom. The van der Waals surface area contributed by atoms with Gasteiger partial charge in [0.05, 0.1) is 6.57 Å². The fourth-order valence-corrected chi connectivity index (χ4v) is 2.36. The second-order valence-corrected chi connectivity index (χ2v) is 4.50. The maximum Gasteiger partial charge on any atom is 0.190 e. The van der Waals surface area contributed by atoms with Crippen LogP contribution in [0.4, 0.5) is 5.69 Å². The van der Waals surface area contributed by atoms with E-state index in [9.17, 15) is 0 Å². The lowest BCUT2D eigenvalue weighted by Gasteiger charge is -2.08. The van der Waals surface area contributed by atoms with Gasteiger partial charge in [-0.1, -0.05) is 18.2 Å². The average Bonchev–Trinajstić information content (AvgIpc) is 2.86. The zero-order chi connectivity index (χ0) is 12.4. The second-order valence-electron chi connectivity index (χ2n) is 4.50. The first-order valence-corrected chi connectivity index (χ1v) is 6.12. The van der Waals surface area contributed by atoms with Crippen molar-refractivity contribution in [3.05, 3.63) is 65.0 Å². The highest BCUT2D eigenvalue weighted by Gasteiger charge is 2.11. The fourth-order valence-electron chi connectivity index (χ4n) is 2.36. The van der Waals surface area contributed by atoms with Gasteiger partial charge in [-0.3, -0.25) is 0 Å². The minimum Gasteiger partial charge on any atom is -0.459 e. The fraction of sp³-hybridized carbons (Fsp3) is 0.188. The van der Waals surface area contributed by atoms with E-state index in [2.05, 4.69) is 17.0 Å². The number of hydrogen-bond acceptors (Lipinski definition) is 1. The van der Waals surface area contributed by atoms with Crippen molar-refractivity contribution in [2.24, 2.45) is 0 Å². The molecule has 0 atom stereocenters. The van der Waals surface area contributed by atoms with Crippen LogP contribution in [0.5, 0.6) is 11.5 Å². The van der Waals surface area contributed by atoms with Crippen LogP contribution in [-0.2, 0) is 12.8 Å². The van der Waals surface area contributed by atoms with Crippen molar-refractivity contribution in [3.63, 3.8) is 0 Å². The van der Waals surface area contributed by atoms with Crippen molar-refractivity contribution >= 4 is 5.69 Å². The van der Waals surface area contributed by atoms with Crippen molar-refractivity contribution in [2.75, 3.05) is 0 Å². The lowest BCUT2D eigenvalue weighted by Crippen LogP contribution is -1.87. The number of fused-ring (bicyclic) bond motifs is 1. The predicted octanol–water partition coefficient (Wildman–Crippen LogP) is 4.52. The van der Waals surface area contributed by atoms with Crippen LogP contribution in [0, 0.1) is 6.57 Å². The summed E-state index contributed by atoms with van der Waals surface area (Å²) in [6.45, 7) is 6.99. The first kappa shape index (κ1) is 10.9. The van der Waals surface area contributed by atoms with Crippen molar-refractivity contribution in [1.29, 1.82) is 0 Å². The topological polar surface area (TPSA) is 13.6 Å². The summed E-state index contributed by atoms with van der Waals surface area (Å²) < 4.78 is 5.80. The van der Waals surface area contributed by atoms with Gasteiger partial charge in [0.25, 0.3) is 0 Å². The number of ether oxygens (including phenoxy) is 1. The Morgan fingerprint density at radius 3 is 2.67 bits per heavy atom. The molecule has 0 saturated carbocycles. The number of benzene rings is 2. The summed E-state index contributed by atoms with van der Waals surface area (Å²) in [5, 5.41) is 0. The first-order valence-electron chi connectivity index (χ1n) is 6.12. The SMILES string of the molecule is [C-]#[N+]c1cccc(Oc2ccc3c(c2)CCC3)c1. The van der Waals surface area contributed by atoms with Crippen LogP contribution < -0.4 is 4.74 Å². The predicted molar refractivity (Wildman–Crippen MR) is 71.2 cm³/mol. The molecule has 2 nitrogen and oxygen atoms in total. The van der Waals surface area contributed by atoms with Gasteiger partial charge in [-0.2, -0.15) is 0 Å². The normalized spacial score (nSPS) is 12.8. The van der Waals surface area contributed by atoms with Gasteiger partial charge >= 0.3 is 0 Å². The van der Waals surface area contributed by atoms with Gasteiger partial charge in [-0.25, -0.2) is 4.85 Å². The molecular weight excluding hydrogens is 222 g/mol. The van der Waals surface area contributed by atoms with Gasteiger partial charge in [-0.15, -0.1) is 0 Å². The summed E-state index contributed by atoms with van der Waals surface area (Å²) in [5.74, 6) is 1.58. The number of nitrogens with zero attached hydrogens (tertiary/aromatic N) is 1. The zero-order valence-electron chi connectivity index (χ0n) is 10.0. The molecule has 0 unspecified atom stereocenters. The maximum absolute atomic E-state index is 6.99. The van der Waals surface area contributed by atoms with Gasteiger partial charge < -0.3 is 4.74 Å². The van der Waals surface area contributed by atoms with Crippen LogP contribution in [0.3, 0.4) is 0 Å². The van der Waals surface area contributed by atoms with E-state index in [1.807, 2.05) is 18.2 Å². The highest BCUT2D eigenvalue weighted by Crippen LogP contribution is 2.30. The summed E-state index contributed by atoms with van der Waals surface area (Å²) in [5.41, 5.74) is 3.44. The third kappa shape index (κ3) is 2.08. The third-order valence-electron chi connectivity index (χ3n) is 3.25. The smallest absolute Gasteiger partial charge is 0.190 e. The van der Waals surface area contributed by atoms with Crippen LogP contribution in [0.1, 0.15) is 17.5 Å². The summed E-state index contributed by atoms with van der Waals surface area (Å²) in [4.78, 5) is 3.40. The summed E-state index contributed by atoms with van der Waals surface area (Å²) >= 11 is 0. The Labute approximate surface area is 107 Å². The Bertz CT molecular complexity index is 625. The minimum atomic E-state index is 0.605. The van der Waals surface area contributed by atoms with Gasteiger partial charge in [0.1, 0.15) is 11.5 Å². The zero-order valence-corrected chi connectivity index (χ0v) is 10.0. The van der Waals surface area contributed by atoms with E-state index in [4.69, 9.17) is 11.3 Å². The van der Waals surface area contributed by atoms with Crippen LogP contribution in [0.15, 0.2) is 42.5 Å². The molecule has 0 radical (unpaired) electrons. The van der Waals surface area contributed by atoms with E-state index in [1.54, 1.807) is 12.1 Å². The van der Waals surface area contributed by atoms with Crippen molar-refractivity contribution in [1.82, 2.24) is 0 Å². The molecule has 0 aromatic heterocycles. The number of hydrogen-bond donors (Lipinski definition) is 0. The molecule has 2 heteroatoms. The van der Waals surface area contributed by atoms with E-state index in [1.165, 1.54) is 24.0 Å². The molecule has 0 aliphatic heterocycles. The van der Waals surface area contributed by atoms with Gasteiger partial charge in [-0.05, 0) is 54.7 Å². The molecule has 1 aliphatic rings. The summed E-state index contributed by atoms with van der Waals surface area (Å²) in [7, 11) is 0. The molecule has 88 valence electrons. The third-order valence-corrected chi connectivity index (χ3v) is 3.25. The lowest BCUT2D eigenvalue weighted by atomic mass is 10.1. The maximum atomic E-state index is 6.99. The summed E-state index contributed by atoms with van der Waals surface area (Å²) in [6, 6.07) is 13.5. The van der Waals surface area contributed by atoms with E-state index in [-0.39, 0.29) is 0 Å². The molecular formula is C16H13NO. The largest absolute Gasteiger partial charge is 0.459 e. The minimum absolute atomic E-state index is 0.605. The molecule has 18 heavy (non-hydrogen) atoms. The molecule has 1 aliphatic carbocycles. The quantitative estimate of drug-likeness (QED) is 0.698. The Balaban J connectivity index is 1.86. The highest BCUT2D eigenvalue weighted by atomic mass is 16.5. The first-order chi connectivity index (χ1) is 8.85. The Hall–Kier alpha value is -2.27. The molecule has 0 fully saturated rings. The van der Waals surface area contributed by atoms with E-state index in [0.29, 0.717) is 5.69 Å². The van der Waals surface area contributed by atoms with Crippen molar-refractivity contribution in [3.8, 4) is 11.5 Å². The Morgan fingerprint density at radius 1 is 0.944 bits per heavy atom. The van der Waals surface area contributed by atoms with Crippen molar-refractivity contribution < 1.29 is 4.74 Å². The molecule has 2 aromatic rings. The second kappa shape index (κ2) is 4.54. The molecule has 3 rings (SSSR count). The van der Waals surface area contributed by atoms with Crippen molar-refractivity contribution in [2.45, 2.75) is 19.3 Å². The number of rotatable bonds is 2. The molecule has 0 N–H and O–H groups in total. The molecule has 0 saturated heterocycles. The van der Waals surface area contributed by atoms with Gasteiger partial charge in [0.2, 0.25) is 0 Å². The van der Waals surface area contributed by atoms with Gasteiger partial charge in [0.15, 0.2) is 5.69 Å². The molecule has 0 heterocycles. The molecule has 2 aromatic carbocycles. The molecule has 0 amide bonds. The monoisotopic (exact) mass is 235 g/mol. The van der Waals surface area contributed by atoms with E-state index in [0.717, 1.165) is 17.9 Å². The highest BCUT2D eigenvalue weighted by molar-refractivity contribution is 5.50. The van der Waals surface area contributed by atoms with Crippen LogP contribution >= 0.6 is 0 Å². The standard InChI is InChI=1S/C16H13NO/c1-17-14-6-3-7-15(11-14)18-16-9-8-12-4-2-5-13(12)10-16/h3,6-11H,2,4-5H2. The lowest BCUT2D eigenvalue weighted by molar-refractivity contribution is 0.482. The number of aryl methyl sites for hydroxylation is 2. The van der Waals surface area contributed by atoms with Crippen LogP contribution in [-0.4, -0.2) is 0 Å². The van der Waals surface area contributed by atoms with Crippen LogP contribution in [0.2, 0.25) is 0 Å². The van der Waals surface area contributed by atoms with Gasteiger partial charge in [0, 0.05) is 0 Å². The average molecular weight is 235 g/mol. The van der Waals surface area contributed by atoms with Crippen LogP contribution in [0.25, 0.3) is 4.85 Å². The van der Waals surface area contributed by atoms with E-state index < -0.39 is 0 Å². The van der Waals surface area contributed by atoms with E-state index >= 15 is 0 Å². The molecule has 0 bridgehead atoms. The molecule has 0 spiro atoms.